The number of methoxy groups -OCH3 is 1. The molecule has 2 fully saturated rings. The summed E-state index contributed by atoms with van der Waals surface area (Å²) in [6.45, 7) is 4.76. The Bertz CT molecular complexity index is 866. The zero-order valence-corrected chi connectivity index (χ0v) is 16.6. The Hall–Kier alpha value is -2.08. The summed E-state index contributed by atoms with van der Waals surface area (Å²) in [6.07, 6.45) is 3.17. The number of rotatable bonds is 5. The van der Waals surface area contributed by atoms with Gasteiger partial charge in [-0.15, -0.1) is 10.2 Å². The predicted octanol–water partition coefficient (Wildman–Crippen LogP) is 3.94. The van der Waals surface area contributed by atoms with E-state index in [1.807, 2.05) is 18.7 Å². The molecule has 0 bridgehead atoms. The van der Waals surface area contributed by atoms with Crippen molar-refractivity contribution in [3.05, 3.63) is 40.6 Å². The van der Waals surface area contributed by atoms with Crippen LogP contribution >= 0.6 is 11.6 Å². The summed E-state index contributed by atoms with van der Waals surface area (Å²) in [6, 6.07) is 5.35. The number of likely N-dealkylation sites (tertiary alicyclic amines) is 1. The molecule has 0 N–H and O–H groups in total. The van der Waals surface area contributed by atoms with Crippen molar-refractivity contribution in [2.24, 2.45) is 5.92 Å². The summed E-state index contributed by atoms with van der Waals surface area (Å²) >= 11 is 6.12. The third-order valence-electron chi connectivity index (χ3n) is 5.92. The Labute approximate surface area is 163 Å². The van der Waals surface area contributed by atoms with Gasteiger partial charge >= 0.3 is 0 Å². The second-order valence-corrected chi connectivity index (χ2v) is 8.16. The number of hydrogen-bond acceptors (Lipinski definition) is 5. The summed E-state index contributed by atoms with van der Waals surface area (Å²) in [5.74, 6) is 2.49. The van der Waals surface area contributed by atoms with Crippen LogP contribution < -0.4 is 4.74 Å². The van der Waals surface area contributed by atoms with Gasteiger partial charge < -0.3 is 14.1 Å². The van der Waals surface area contributed by atoms with Crippen LogP contribution in [0, 0.1) is 5.92 Å². The van der Waals surface area contributed by atoms with Crippen LogP contribution in [0.4, 0.5) is 0 Å². The largest absolute Gasteiger partial charge is 0.496 e. The van der Waals surface area contributed by atoms with Gasteiger partial charge in [-0.25, -0.2) is 0 Å². The van der Waals surface area contributed by atoms with E-state index in [4.69, 9.17) is 20.8 Å². The SMILES string of the molecule is COc1ccc(Cl)cc1CC(=O)N1CC[C@@H]2CC[C@@]21c1nnc(C(C)C)o1. The number of fused-ring (bicyclic) bond motifs is 1. The number of halogens is 1. The average molecular weight is 390 g/mol. The Kier molecular flexibility index (Phi) is 4.62. The van der Waals surface area contributed by atoms with Gasteiger partial charge in [-0.05, 0) is 43.4 Å². The first-order chi connectivity index (χ1) is 13.0. The van der Waals surface area contributed by atoms with Gasteiger partial charge in [0.1, 0.15) is 11.3 Å². The highest BCUT2D eigenvalue weighted by Crippen LogP contribution is 2.56. The average Bonchev–Trinajstić information content (AvgIpc) is 3.19. The number of hydrogen-bond donors (Lipinski definition) is 0. The van der Waals surface area contributed by atoms with Crippen molar-refractivity contribution in [2.45, 2.75) is 51.0 Å². The van der Waals surface area contributed by atoms with Gasteiger partial charge in [0.2, 0.25) is 17.7 Å². The molecule has 1 amide bonds. The minimum Gasteiger partial charge on any atom is -0.496 e. The first kappa shape index (κ1) is 18.3. The maximum absolute atomic E-state index is 13.2. The van der Waals surface area contributed by atoms with Crippen molar-refractivity contribution < 1.29 is 13.9 Å². The maximum atomic E-state index is 13.2. The molecule has 0 radical (unpaired) electrons. The van der Waals surface area contributed by atoms with Crippen LogP contribution in [0.2, 0.25) is 5.02 Å². The molecule has 1 aliphatic heterocycles. The quantitative estimate of drug-likeness (QED) is 0.774. The lowest BCUT2D eigenvalue weighted by atomic mass is 9.67. The second kappa shape index (κ2) is 6.82. The van der Waals surface area contributed by atoms with Crippen LogP contribution in [0.1, 0.15) is 56.4 Å². The van der Waals surface area contributed by atoms with E-state index >= 15 is 0 Å². The third-order valence-corrected chi connectivity index (χ3v) is 6.16. The Balaban J connectivity index is 1.62. The molecule has 0 unspecified atom stereocenters. The smallest absolute Gasteiger partial charge is 0.242 e. The van der Waals surface area contributed by atoms with Gasteiger partial charge in [-0.1, -0.05) is 25.4 Å². The molecule has 0 spiro atoms. The fraction of sp³-hybridized carbons (Fsp3) is 0.550. The van der Waals surface area contributed by atoms with Gasteiger partial charge in [0.05, 0.1) is 13.5 Å². The van der Waals surface area contributed by atoms with Crippen LogP contribution in [0.15, 0.2) is 22.6 Å². The molecule has 1 saturated heterocycles. The van der Waals surface area contributed by atoms with Crippen LogP contribution in [-0.2, 0) is 16.8 Å². The molecule has 2 atom stereocenters. The first-order valence-electron chi connectivity index (χ1n) is 9.42. The van der Waals surface area contributed by atoms with E-state index in [-0.39, 0.29) is 18.2 Å². The van der Waals surface area contributed by atoms with Crippen molar-refractivity contribution >= 4 is 17.5 Å². The van der Waals surface area contributed by atoms with Crippen LogP contribution in [0.5, 0.6) is 5.75 Å². The lowest BCUT2D eigenvalue weighted by Gasteiger charge is -2.47. The zero-order chi connectivity index (χ0) is 19.2. The molecular weight excluding hydrogens is 366 g/mol. The third kappa shape index (κ3) is 2.90. The highest BCUT2D eigenvalue weighted by atomic mass is 35.5. The molecule has 2 heterocycles. The molecule has 2 aromatic rings. The fourth-order valence-electron chi connectivity index (χ4n) is 4.38. The molecule has 2 aliphatic rings. The molecule has 7 heteroatoms. The first-order valence-corrected chi connectivity index (χ1v) is 9.80. The van der Waals surface area contributed by atoms with Crippen molar-refractivity contribution in [3.63, 3.8) is 0 Å². The Morgan fingerprint density at radius 1 is 1.41 bits per heavy atom. The normalized spacial score (nSPS) is 24.0. The van der Waals surface area contributed by atoms with Crippen molar-refractivity contribution in [1.82, 2.24) is 15.1 Å². The molecule has 1 saturated carbocycles. The molecule has 4 rings (SSSR count). The summed E-state index contributed by atoms with van der Waals surface area (Å²) in [5, 5.41) is 9.11. The number of benzene rings is 1. The minimum atomic E-state index is -0.441. The van der Waals surface area contributed by atoms with Gasteiger partial charge in [-0.3, -0.25) is 4.79 Å². The molecule has 1 aliphatic carbocycles. The van der Waals surface area contributed by atoms with Gasteiger partial charge in [0, 0.05) is 23.0 Å². The van der Waals surface area contributed by atoms with Gasteiger partial charge in [-0.2, -0.15) is 0 Å². The van der Waals surface area contributed by atoms with E-state index in [1.165, 1.54) is 0 Å². The molecule has 6 nitrogen and oxygen atoms in total. The number of carbonyl (C=O) groups excluding carboxylic acids is 1. The lowest BCUT2D eigenvalue weighted by molar-refractivity contribution is -0.141. The summed E-state index contributed by atoms with van der Waals surface area (Å²) in [4.78, 5) is 15.2. The van der Waals surface area contributed by atoms with Gasteiger partial charge in [0.25, 0.3) is 0 Å². The number of aromatic nitrogens is 2. The van der Waals surface area contributed by atoms with Crippen LogP contribution in [0.3, 0.4) is 0 Å². The van der Waals surface area contributed by atoms with Gasteiger partial charge in [0.15, 0.2) is 0 Å². The monoisotopic (exact) mass is 389 g/mol. The molecule has 144 valence electrons. The summed E-state index contributed by atoms with van der Waals surface area (Å²) < 4.78 is 11.4. The molecule has 27 heavy (non-hydrogen) atoms. The van der Waals surface area contributed by atoms with Crippen LogP contribution in [0.25, 0.3) is 0 Å². The minimum absolute atomic E-state index is 0.0436. The maximum Gasteiger partial charge on any atom is 0.242 e. The summed E-state index contributed by atoms with van der Waals surface area (Å²) in [5.41, 5.74) is 0.351. The van der Waals surface area contributed by atoms with Crippen LogP contribution in [-0.4, -0.2) is 34.7 Å². The Morgan fingerprint density at radius 3 is 2.85 bits per heavy atom. The van der Waals surface area contributed by atoms with Crippen molar-refractivity contribution in [3.8, 4) is 5.75 Å². The second-order valence-electron chi connectivity index (χ2n) is 7.73. The lowest BCUT2D eigenvalue weighted by Crippen LogP contribution is -2.54. The number of carbonyl (C=O) groups is 1. The molecule has 1 aromatic heterocycles. The topological polar surface area (TPSA) is 68.5 Å². The van der Waals surface area contributed by atoms with E-state index in [0.717, 1.165) is 24.8 Å². The summed E-state index contributed by atoms with van der Waals surface area (Å²) in [7, 11) is 1.60. The molecule has 1 aromatic carbocycles. The Morgan fingerprint density at radius 2 is 2.22 bits per heavy atom. The van der Waals surface area contributed by atoms with Crippen molar-refractivity contribution in [2.75, 3.05) is 13.7 Å². The van der Waals surface area contributed by atoms with E-state index in [1.54, 1.807) is 25.3 Å². The predicted molar refractivity (Wildman–Crippen MR) is 101 cm³/mol. The van der Waals surface area contributed by atoms with E-state index in [9.17, 15) is 4.79 Å². The van der Waals surface area contributed by atoms with E-state index in [0.29, 0.717) is 35.0 Å². The number of amides is 1. The van der Waals surface area contributed by atoms with E-state index < -0.39 is 5.54 Å². The fourth-order valence-corrected chi connectivity index (χ4v) is 4.57. The standard InChI is InChI=1S/C20H24ClN3O3/c1-12(2)18-22-23-19(27-18)20-8-6-14(20)7-9-24(20)17(25)11-13-10-15(21)4-5-16(13)26-3/h4-5,10,12,14H,6-9,11H2,1-3H3/t14-,20-/m0/s1. The number of nitrogens with zero attached hydrogens (tertiary/aromatic N) is 3. The highest BCUT2D eigenvalue weighted by Gasteiger charge is 2.61. The van der Waals surface area contributed by atoms with Crippen molar-refractivity contribution in [1.29, 1.82) is 0 Å². The molecular formula is C20H24ClN3O3. The van der Waals surface area contributed by atoms with E-state index in [2.05, 4.69) is 10.2 Å². The zero-order valence-electron chi connectivity index (χ0n) is 15.9. The highest BCUT2D eigenvalue weighted by molar-refractivity contribution is 6.30. The number of ether oxygens (including phenoxy) is 1.